The fraction of sp³-hybridized carbons (Fsp3) is 0.278. The number of anilines is 1. The Labute approximate surface area is 141 Å². The number of benzene rings is 1. The number of carbonyl (C=O) groups excluding carboxylic acids is 2. The Bertz CT molecular complexity index is 778. The highest BCUT2D eigenvalue weighted by molar-refractivity contribution is 5.97. The zero-order valence-corrected chi connectivity index (χ0v) is 14.3. The maximum absolute atomic E-state index is 12.1. The number of aryl methyl sites for hydroxylation is 3. The van der Waals surface area contributed by atoms with Gasteiger partial charge in [-0.25, -0.2) is 0 Å². The molecule has 0 saturated carbocycles. The second-order valence-corrected chi connectivity index (χ2v) is 5.76. The Morgan fingerprint density at radius 3 is 2.62 bits per heavy atom. The zero-order valence-electron chi connectivity index (χ0n) is 14.3. The van der Waals surface area contributed by atoms with Gasteiger partial charge in [-0.2, -0.15) is 0 Å². The van der Waals surface area contributed by atoms with Crippen molar-refractivity contribution in [2.24, 2.45) is 0 Å². The van der Waals surface area contributed by atoms with E-state index in [-0.39, 0.29) is 18.4 Å². The molecule has 0 aliphatic rings. The zero-order chi connectivity index (χ0) is 17.7. The SMILES string of the molecule is Cc1ccc(/C=C/C(=O)N(C)CC(=O)Nc2cc(C)on2)c(C)c1. The maximum atomic E-state index is 12.1. The van der Waals surface area contributed by atoms with Crippen molar-refractivity contribution in [1.82, 2.24) is 10.1 Å². The third kappa shape index (κ3) is 4.81. The molecule has 126 valence electrons. The number of nitrogens with one attached hydrogen (secondary N) is 1. The van der Waals surface area contributed by atoms with Gasteiger partial charge in [-0.1, -0.05) is 28.9 Å². The number of hydrogen-bond donors (Lipinski definition) is 1. The molecule has 0 fully saturated rings. The molecule has 0 saturated heterocycles. The van der Waals surface area contributed by atoms with Gasteiger partial charge in [0.2, 0.25) is 11.8 Å². The van der Waals surface area contributed by atoms with E-state index >= 15 is 0 Å². The molecule has 2 rings (SSSR count). The summed E-state index contributed by atoms with van der Waals surface area (Å²) in [4.78, 5) is 25.3. The van der Waals surface area contributed by atoms with Crippen molar-refractivity contribution in [2.75, 3.05) is 18.9 Å². The van der Waals surface area contributed by atoms with Crippen LogP contribution in [-0.2, 0) is 9.59 Å². The van der Waals surface area contributed by atoms with Gasteiger partial charge in [0.1, 0.15) is 5.76 Å². The minimum absolute atomic E-state index is 0.0675. The Morgan fingerprint density at radius 1 is 1.25 bits per heavy atom. The molecule has 0 aliphatic heterocycles. The molecule has 1 N–H and O–H groups in total. The summed E-state index contributed by atoms with van der Waals surface area (Å²) < 4.78 is 4.87. The van der Waals surface area contributed by atoms with Gasteiger partial charge in [0, 0.05) is 19.2 Å². The fourth-order valence-electron chi connectivity index (χ4n) is 2.20. The quantitative estimate of drug-likeness (QED) is 0.857. The van der Waals surface area contributed by atoms with Crippen LogP contribution in [0.15, 0.2) is 34.9 Å². The van der Waals surface area contributed by atoms with E-state index in [4.69, 9.17) is 4.52 Å². The second kappa shape index (κ2) is 7.59. The summed E-state index contributed by atoms with van der Waals surface area (Å²) in [5.41, 5.74) is 3.25. The maximum Gasteiger partial charge on any atom is 0.246 e. The summed E-state index contributed by atoms with van der Waals surface area (Å²) in [6.45, 7) is 5.68. The Balaban J connectivity index is 1.91. The van der Waals surface area contributed by atoms with E-state index in [9.17, 15) is 9.59 Å². The van der Waals surface area contributed by atoms with E-state index < -0.39 is 0 Å². The molecule has 2 aromatic rings. The van der Waals surface area contributed by atoms with Gasteiger partial charge < -0.3 is 14.7 Å². The molecule has 0 spiro atoms. The highest BCUT2D eigenvalue weighted by Gasteiger charge is 2.12. The summed E-state index contributed by atoms with van der Waals surface area (Å²) in [6.07, 6.45) is 3.22. The van der Waals surface area contributed by atoms with Crippen LogP contribution in [0.1, 0.15) is 22.5 Å². The third-order valence-electron chi connectivity index (χ3n) is 3.48. The first-order valence-corrected chi connectivity index (χ1v) is 7.59. The molecule has 0 unspecified atom stereocenters. The van der Waals surface area contributed by atoms with Gasteiger partial charge in [0.05, 0.1) is 6.54 Å². The van der Waals surface area contributed by atoms with Gasteiger partial charge in [-0.15, -0.1) is 0 Å². The van der Waals surface area contributed by atoms with Crippen molar-refractivity contribution in [2.45, 2.75) is 20.8 Å². The molecule has 0 aliphatic carbocycles. The largest absolute Gasteiger partial charge is 0.360 e. The number of rotatable bonds is 5. The van der Waals surface area contributed by atoms with Crippen LogP contribution in [0.25, 0.3) is 6.08 Å². The van der Waals surface area contributed by atoms with Crippen molar-refractivity contribution in [3.8, 4) is 0 Å². The topological polar surface area (TPSA) is 75.4 Å². The highest BCUT2D eigenvalue weighted by atomic mass is 16.5. The van der Waals surface area contributed by atoms with E-state index in [1.807, 2.05) is 26.0 Å². The molecule has 0 radical (unpaired) electrons. The molecule has 1 aromatic carbocycles. The standard InChI is InChI=1S/C18H21N3O3/c1-12-5-6-15(13(2)9-12)7-8-18(23)21(4)11-17(22)19-16-10-14(3)24-20-16/h5-10H,11H2,1-4H3,(H,19,20,22)/b8-7+. The summed E-state index contributed by atoms with van der Waals surface area (Å²) in [6, 6.07) is 7.63. The van der Waals surface area contributed by atoms with Crippen LogP contribution >= 0.6 is 0 Å². The Morgan fingerprint density at radius 2 is 2.00 bits per heavy atom. The van der Waals surface area contributed by atoms with E-state index in [0.29, 0.717) is 11.6 Å². The van der Waals surface area contributed by atoms with Gasteiger partial charge in [0.25, 0.3) is 0 Å². The van der Waals surface area contributed by atoms with Gasteiger partial charge in [0.15, 0.2) is 5.82 Å². The van der Waals surface area contributed by atoms with Crippen molar-refractivity contribution < 1.29 is 14.1 Å². The molecule has 1 aromatic heterocycles. The molecule has 0 atom stereocenters. The number of likely N-dealkylation sites (N-methyl/N-ethyl adjacent to an activating group) is 1. The van der Waals surface area contributed by atoms with E-state index in [2.05, 4.69) is 16.5 Å². The average molecular weight is 327 g/mol. The van der Waals surface area contributed by atoms with Crippen LogP contribution < -0.4 is 5.32 Å². The third-order valence-corrected chi connectivity index (χ3v) is 3.48. The van der Waals surface area contributed by atoms with Gasteiger partial charge in [-0.3, -0.25) is 9.59 Å². The number of aromatic nitrogens is 1. The van der Waals surface area contributed by atoms with Crippen LogP contribution in [0.3, 0.4) is 0 Å². The van der Waals surface area contributed by atoms with Crippen molar-refractivity contribution in [1.29, 1.82) is 0 Å². The first-order valence-electron chi connectivity index (χ1n) is 7.59. The lowest BCUT2D eigenvalue weighted by atomic mass is 10.1. The minimum atomic E-state index is -0.334. The summed E-state index contributed by atoms with van der Waals surface area (Å²) in [7, 11) is 1.57. The molecule has 6 heteroatoms. The lowest BCUT2D eigenvalue weighted by Crippen LogP contribution is -2.33. The predicted molar refractivity (Wildman–Crippen MR) is 92.5 cm³/mol. The highest BCUT2D eigenvalue weighted by Crippen LogP contribution is 2.12. The lowest BCUT2D eigenvalue weighted by Gasteiger charge is -2.14. The summed E-state index contributed by atoms with van der Waals surface area (Å²) in [5.74, 6) is 0.357. The van der Waals surface area contributed by atoms with E-state index in [1.165, 1.54) is 16.5 Å². The molecule has 6 nitrogen and oxygen atoms in total. The van der Waals surface area contributed by atoms with E-state index in [0.717, 1.165) is 11.1 Å². The number of amides is 2. The molecular weight excluding hydrogens is 306 g/mol. The normalized spacial score (nSPS) is 10.8. The van der Waals surface area contributed by atoms with Crippen molar-refractivity contribution >= 4 is 23.7 Å². The van der Waals surface area contributed by atoms with Crippen molar-refractivity contribution in [3.63, 3.8) is 0 Å². The van der Waals surface area contributed by atoms with Crippen LogP contribution in [-0.4, -0.2) is 35.5 Å². The smallest absolute Gasteiger partial charge is 0.246 e. The molecule has 2 amide bonds. The predicted octanol–water partition coefficient (Wildman–Crippen LogP) is 2.71. The summed E-state index contributed by atoms with van der Waals surface area (Å²) >= 11 is 0. The molecule has 0 bridgehead atoms. The first kappa shape index (κ1) is 17.5. The molecule has 24 heavy (non-hydrogen) atoms. The van der Waals surface area contributed by atoms with E-state index in [1.54, 1.807) is 26.1 Å². The monoisotopic (exact) mass is 327 g/mol. The van der Waals surface area contributed by atoms with Crippen molar-refractivity contribution in [3.05, 3.63) is 52.8 Å². The minimum Gasteiger partial charge on any atom is -0.360 e. The van der Waals surface area contributed by atoms with Gasteiger partial charge in [-0.05, 0) is 38.0 Å². The summed E-state index contributed by atoms with van der Waals surface area (Å²) in [5, 5.41) is 6.25. The molecular formula is C18H21N3O3. The van der Waals surface area contributed by atoms with Crippen LogP contribution in [0, 0.1) is 20.8 Å². The second-order valence-electron chi connectivity index (χ2n) is 5.76. The number of hydrogen-bond acceptors (Lipinski definition) is 4. The molecule has 1 heterocycles. The van der Waals surface area contributed by atoms with Crippen LogP contribution in [0.2, 0.25) is 0 Å². The number of nitrogens with zero attached hydrogens (tertiary/aromatic N) is 2. The first-order chi connectivity index (χ1) is 11.3. The Kier molecular flexibility index (Phi) is 5.52. The number of carbonyl (C=O) groups is 2. The van der Waals surface area contributed by atoms with Crippen LogP contribution in [0.4, 0.5) is 5.82 Å². The van der Waals surface area contributed by atoms with Gasteiger partial charge >= 0.3 is 0 Å². The average Bonchev–Trinajstić information content (AvgIpc) is 2.90. The fourth-order valence-corrected chi connectivity index (χ4v) is 2.20. The van der Waals surface area contributed by atoms with Crippen LogP contribution in [0.5, 0.6) is 0 Å². The lowest BCUT2D eigenvalue weighted by molar-refractivity contribution is -0.129. The Hall–Kier alpha value is -2.89.